The summed E-state index contributed by atoms with van der Waals surface area (Å²) < 4.78 is 10.4. The van der Waals surface area contributed by atoms with Crippen molar-refractivity contribution < 1.29 is 38.2 Å². The lowest BCUT2D eigenvalue weighted by atomic mass is 10.0. The third kappa shape index (κ3) is 18.5. The van der Waals surface area contributed by atoms with Gasteiger partial charge in [-0.25, -0.2) is 4.79 Å². The minimum absolute atomic E-state index is 0.00152. The molecule has 7 amide bonds. The Morgan fingerprint density at radius 2 is 1.30 bits per heavy atom. The second-order valence-corrected chi connectivity index (χ2v) is 16.0. The van der Waals surface area contributed by atoms with Crippen molar-refractivity contribution in [1.29, 1.82) is 0 Å². The maximum Gasteiger partial charge on any atom is 0.315 e. The summed E-state index contributed by atoms with van der Waals surface area (Å²) in [4.78, 5) is 80.9. The van der Waals surface area contributed by atoms with Crippen LogP contribution in [0.15, 0.2) is 30.3 Å². The molecule has 57 heavy (non-hydrogen) atoms. The van der Waals surface area contributed by atoms with Crippen molar-refractivity contribution in [2.45, 2.75) is 108 Å². The molecule has 2 aliphatic heterocycles. The minimum atomic E-state index is -0.314. The number of hydrogen-bond donors (Lipinski definition) is 4. The van der Waals surface area contributed by atoms with E-state index in [1.54, 1.807) is 19.1 Å². The standard InChI is InChI=1S/C41H67N7O8S/c1-4-46(24-26-55-2)38(52)30-48(28-32-16-8-5-9-17-32)39(53)29-47(25-27-56-3)37(51)21-11-7-15-23-42-35(49)19-10-6-14-22-43-36(50)20-13-12-18-34-40-33(31-57-34)44-41(54)45-40/h5,8-9,16-17,33-34,40H,4,6-7,10-15,18-31H2,1-3H3,(H,42,49)(H,43,50)(H2,44,45,54)/t33-,34?,40-/m0/s1. The van der Waals surface area contributed by atoms with E-state index >= 15 is 0 Å². The third-order valence-corrected chi connectivity index (χ3v) is 11.8. The number of hydrogen-bond acceptors (Lipinski definition) is 9. The SMILES string of the molecule is CCN(CCOC)C(=O)CN(Cc1ccccc1)C(=O)CN(CCOC)C(=O)CCCCCNC(=O)CCCCCNC(=O)CCCCC1SC[C@@H]2NC(=O)N[C@H]12. The number of unbranched alkanes of at least 4 members (excludes halogenated alkanes) is 5. The van der Waals surface area contributed by atoms with E-state index in [2.05, 4.69) is 21.3 Å². The van der Waals surface area contributed by atoms with Crippen molar-refractivity contribution in [2.75, 3.05) is 79.0 Å². The lowest BCUT2D eigenvalue weighted by Crippen LogP contribution is -2.48. The Hall–Kier alpha value is -3.89. The monoisotopic (exact) mass is 817 g/mol. The molecule has 320 valence electrons. The van der Waals surface area contributed by atoms with E-state index in [0.29, 0.717) is 57.3 Å². The number of nitrogens with zero attached hydrogens (tertiary/aromatic N) is 3. The highest BCUT2D eigenvalue weighted by atomic mass is 32.2. The molecule has 0 radical (unpaired) electrons. The molecule has 0 aromatic heterocycles. The molecule has 15 nitrogen and oxygen atoms in total. The van der Waals surface area contributed by atoms with Crippen molar-refractivity contribution >= 4 is 47.3 Å². The van der Waals surface area contributed by atoms with E-state index in [9.17, 15) is 28.8 Å². The maximum absolute atomic E-state index is 13.7. The average Bonchev–Trinajstić information content (AvgIpc) is 3.76. The van der Waals surface area contributed by atoms with E-state index in [4.69, 9.17) is 9.47 Å². The number of benzene rings is 1. The number of ether oxygens (including phenoxy) is 2. The van der Waals surface area contributed by atoms with Crippen molar-refractivity contribution in [3.63, 3.8) is 0 Å². The molecule has 4 N–H and O–H groups in total. The van der Waals surface area contributed by atoms with Gasteiger partial charge in [0.1, 0.15) is 6.54 Å². The molecule has 16 heteroatoms. The van der Waals surface area contributed by atoms with Crippen molar-refractivity contribution in [2.24, 2.45) is 0 Å². The molecule has 2 fully saturated rings. The van der Waals surface area contributed by atoms with Crippen LogP contribution in [0.3, 0.4) is 0 Å². The van der Waals surface area contributed by atoms with Gasteiger partial charge in [0.25, 0.3) is 0 Å². The number of rotatable bonds is 30. The molecular weight excluding hydrogens is 751 g/mol. The van der Waals surface area contributed by atoms with Crippen molar-refractivity contribution in [1.82, 2.24) is 36.0 Å². The van der Waals surface area contributed by atoms with Gasteiger partial charge in [-0.1, -0.05) is 49.6 Å². The summed E-state index contributed by atoms with van der Waals surface area (Å²) in [6, 6.07) is 9.83. The first kappa shape index (κ1) is 47.5. The number of fused-ring (bicyclic) bond motifs is 1. The van der Waals surface area contributed by atoms with Crippen molar-refractivity contribution in [3.8, 4) is 0 Å². The fourth-order valence-corrected chi connectivity index (χ4v) is 8.49. The summed E-state index contributed by atoms with van der Waals surface area (Å²) in [6.07, 6.45) is 8.52. The van der Waals surface area contributed by atoms with Gasteiger partial charge in [-0.2, -0.15) is 11.8 Å². The predicted molar refractivity (Wildman–Crippen MR) is 221 cm³/mol. The number of thioether (sulfide) groups is 1. The molecule has 0 spiro atoms. The molecule has 1 unspecified atom stereocenters. The molecule has 3 rings (SSSR count). The average molecular weight is 818 g/mol. The molecule has 1 aromatic rings. The van der Waals surface area contributed by atoms with E-state index in [-0.39, 0.29) is 86.9 Å². The van der Waals surface area contributed by atoms with Crippen LogP contribution in [-0.2, 0) is 40.0 Å². The highest BCUT2D eigenvalue weighted by Crippen LogP contribution is 2.33. The molecule has 1 aromatic carbocycles. The van der Waals surface area contributed by atoms with Crippen LogP contribution in [0.1, 0.15) is 89.5 Å². The fraction of sp³-hybridized carbons (Fsp3) is 0.707. The molecule has 0 saturated carbocycles. The van der Waals surface area contributed by atoms with Crippen molar-refractivity contribution in [3.05, 3.63) is 35.9 Å². The quantitative estimate of drug-likeness (QED) is 0.0671. The zero-order valence-electron chi connectivity index (χ0n) is 34.4. The topological polar surface area (TPSA) is 179 Å². The Labute approximate surface area is 343 Å². The van der Waals surface area contributed by atoms with Crippen LogP contribution in [0.4, 0.5) is 4.79 Å². The predicted octanol–water partition coefficient (Wildman–Crippen LogP) is 3.06. The Balaban J connectivity index is 1.26. The number of carbonyl (C=O) groups excluding carboxylic acids is 6. The minimum Gasteiger partial charge on any atom is -0.383 e. The van der Waals surface area contributed by atoms with Crippen LogP contribution in [-0.4, -0.2) is 147 Å². The number of likely N-dealkylation sites (N-methyl/N-ethyl adjacent to an activating group) is 1. The van der Waals surface area contributed by atoms with Gasteiger partial charge in [0.2, 0.25) is 29.5 Å². The Morgan fingerprint density at radius 3 is 1.93 bits per heavy atom. The van der Waals surface area contributed by atoms with E-state index in [0.717, 1.165) is 62.7 Å². The second kappa shape index (κ2) is 27.7. The van der Waals surface area contributed by atoms with Crippen LogP contribution in [0.2, 0.25) is 0 Å². The van der Waals surface area contributed by atoms with Crippen LogP contribution in [0.5, 0.6) is 0 Å². The van der Waals surface area contributed by atoms with E-state index < -0.39 is 0 Å². The first-order valence-corrected chi connectivity index (χ1v) is 21.8. The number of methoxy groups -OCH3 is 2. The molecule has 0 bridgehead atoms. The lowest BCUT2D eigenvalue weighted by molar-refractivity contribution is -0.145. The molecule has 2 aliphatic rings. The van der Waals surface area contributed by atoms with Gasteiger partial charge < -0.3 is 45.4 Å². The lowest BCUT2D eigenvalue weighted by Gasteiger charge is -2.29. The summed E-state index contributed by atoms with van der Waals surface area (Å²) in [5.74, 6) is 0.352. The smallest absolute Gasteiger partial charge is 0.315 e. The van der Waals surface area contributed by atoms with Gasteiger partial charge in [-0.05, 0) is 51.0 Å². The third-order valence-electron chi connectivity index (χ3n) is 10.3. The second-order valence-electron chi connectivity index (χ2n) is 14.7. The number of urea groups is 1. The summed E-state index contributed by atoms with van der Waals surface area (Å²) in [6.45, 7) is 4.86. The van der Waals surface area contributed by atoms with Crippen LogP contribution >= 0.6 is 11.8 Å². The van der Waals surface area contributed by atoms with Gasteiger partial charge in [0, 0.05) is 83.8 Å². The highest BCUT2D eigenvalue weighted by Gasteiger charge is 2.42. The van der Waals surface area contributed by atoms with Crippen LogP contribution < -0.4 is 21.3 Å². The molecule has 2 heterocycles. The van der Waals surface area contributed by atoms with E-state index in [1.807, 2.05) is 49.0 Å². The van der Waals surface area contributed by atoms with Crippen LogP contribution in [0.25, 0.3) is 0 Å². The van der Waals surface area contributed by atoms with Gasteiger partial charge in [0.05, 0.1) is 31.8 Å². The Morgan fingerprint density at radius 1 is 0.719 bits per heavy atom. The first-order valence-electron chi connectivity index (χ1n) is 20.7. The molecule has 3 atom stereocenters. The molecule has 0 aliphatic carbocycles. The van der Waals surface area contributed by atoms with Gasteiger partial charge in [-0.3, -0.25) is 24.0 Å². The summed E-state index contributed by atoms with van der Waals surface area (Å²) in [7, 11) is 3.13. The zero-order valence-corrected chi connectivity index (χ0v) is 35.2. The highest BCUT2D eigenvalue weighted by molar-refractivity contribution is 8.00. The largest absolute Gasteiger partial charge is 0.383 e. The zero-order chi connectivity index (χ0) is 41.3. The van der Waals surface area contributed by atoms with E-state index in [1.165, 1.54) is 9.80 Å². The maximum atomic E-state index is 13.7. The fourth-order valence-electron chi connectivity index (χ4n) is 6.95. The number of amides is 7. The van der Waals surface area contributed by atoms with Gasteiger partial charge in [-0.15, -0.1) is 0 Å². The Kier molecular flexibility index (Phi) is 23.1. The molecule has 2 saturated heterocycles. The summed E-state index contributed by atoms with van der Waals surface area (Å²) >= 11 is 1.89. The van der Waals surface area contributed by atoms with Gasteiger partial charge >= 0.3 is 6.03 Å². The number of nitrogens with one attached hydrogen (secondary N) is 4. The van der Waals surface area contributed by atoms with Crippen LogP contribution in [0, 0.1) is 0 Å². The van der Waals surface area contributed by atoms with Gasteiger partial charge in [0.15, 0.2) is 0 Å². The molecular formula is C41H67N7O8S. The summed E-state index contributed by atoms with van der Waals surface area (Å²) in [5.41, 5.74) is 0.886. The first-order chi connectivity index (χ1) is 27.6. The summed E-state index contributed by atoms with van der Waals surface area (Å²) in [5, 5.41) is 12.3. The Bertz CT molecular complexity index is 1390. The normalized spacial score (nSPS) is 17.0. The number of carbonyl (C=O) groups is 6.